The van der Waals surface area contributed by atoms with E-state index in [2.05, 4.69) is 6.07 Å². The molecule has 1 saturated carbocycles. The number of hydrogen-bond acceptors (Lipinski definition) is 3. The molecule has 1 heterocycles. The van der Waals surface area contributed by atoms with Gasteiger partial charge in [-0.05, 0) is 43.4 Å². The summed E-state index contributed by atoms with van der Waals surface area (Å²) < 4.78 is 5.04. The fourth-order valence-electron chi connectivity index (χ4n) is 3.63. The maximum atomic E-state index is 11.7. The number of rotatable bonds is 3. The third kappa shape index (κ3) is 3.19. The van der Waals surface area contributed by atoms with Crippen molar-refractivity contribution in [1.82, 2.24) is 4.90 Å². The maximum Gasteiger partial charge on any atom is 0.410 e. The molecular formula is C16H22Cl2N2O2. The Morgan fingerprint density at radius 2 is 2.09 bits per heavy atom. The van der Waals surface area contributed by atoms with Crippen molar-refractivity contribution in [1.29, 1.82) is 0 Å². The summed E-state index contributed by atoms with van der Waals surface area (Å²) in [4.78, 5) is 13.6. The summed E-state index contributed by atoms with van der Waals surface area (Å²) in [6, 6.07) is 8.31. The monoisotopic (exact) mass is 344 g/mol. The first-order valence-electron chi connectivity index (χ1n) is 7.54. The quantitative estimate of drug-likeness (QED) is 0.914. The van der Waals surface area contributed by atoms with Crippen molar-refractivity contribution in [3.63, 3.8) is 0 Å². The van der Waals surface area contributed by atoms with Crippen LogP contribution in [0.25, 0.3) is 0 Å². The summed E-state index contributed by atoms with van der Waals surface area (Å²) in [5.74, 6) is 0. The Balaban J connectivity index is 0.00000176. The van der Waals surface area contributed by atoms with E-state index in [0.717, 1.165) is 37.3 Å². The highest BCUT2D eigenvalue weighted by Crippen LogP contribution is 2.41. The van der Waals surface area contributed by atoms with Crippen molar-refractivity contribution in [2.75, 3.05) is 19.7 Å². The van der Waals surface area contributed by atoms with E-state index >= 15 is 0 Å². The van der Waals surface area contributed by atoms with Crippen LogP contribution in [0.4, 0.5) is 4.79 Å². The number of halogens is 2. The van der Waals surface area contributed by atoms with Crippen molar-refractivity contribution in [2.24, 2.45) is 5.73 Å². The molecule has 0 radical (unpaired) electrons. The lowest BCUT2D eigenvalue weighted by atomic mass is 9.68. The van der Waals surface area contributed by atoms with Crippen LogP contribution in [0.1, 0.15) is 31.2 Å². The van der Waals surface area contributed by atoms with Crippen molar-refractivity contribution in [3.05, 3.63) is 34.9 Å². The zero-order valence-corrected chi connectivity index (χ0v) is 14.0. The van der Waals surface area contributed by atoms with Crippen LogP contribution in [0, 0.1) is 0 Å². The van der Waals surface area contributed by atoms with Gasteiger partial charge in [0, 0.05) is 23.0 Å². The van der Waals surface area contributed by atoms with E-state index in [1.165, 1.54) is 5.56 Å². The second kappa shape index (κ2) is 7.07. The lowest BCUT2D eigenvalue weighted by Crippen LogP contribution is -2.45. The van der Waals surface area contributed by atoms with Gasteiger partial charge in [0.2, 0.25) is 0 Å². The Hall–Kier alpha value is -0.970. The fraction of sp³-hybridized carbons (Fsp3) is 0.562. The molecule has 1 amide bonds. The summed E-state index contributed by atoms with van der Waals surface area (Å²) in [5.41, 5.74) is 7.31. The molecule has 4 nitrogen and oxygen atoms in total. The van der Waals surface area contributed by atoms with Crippen LogP contribution in [0.3, 0.4) is 0 Å². The van der Waals surface area contributed by atoms with Gasteiger partial charge in [0.15, 0.2) is 0 Å². The molecule has 0 unspecified atom stereocenters. The number of benzene rings is 1. The molecular weight excluding hydrogens is 323 g/mol. The van der Waals surface area contributed by atoms with Gasteiger partial charge in [-0.25, -0.2) is 4.79 Å². The first-order chi connectivity index (χ1) is 10.1. The Labute approximate surface area is 142 Å². The van der Waals surface area contributed by atoms with Crippen molar-refractivity contribution >= 4 is 30.1 Å². The largest absolute Gasteiger partial charge is 0.448 e. The average molecular weight is 345 g/mol. The number of amides is 1. The highest BCUT2D eigenvalue weighted by atomic mass is 35.5. The molecule has 1 aliphatic carbocycles. The van der Waals surface area contributed by atoms with Gasteiger partial charge in [0.25, 0.3) is 0 Å². The van der Waals surface area contributed by atoms with Crippen LogP contribution in [0.2, 0.25) is 5.02 Å². The Morgan fingerprint density at radius 3 is 2.64 bits per heavy atom. The van der Waals surface area contributed by atoms with Crippen LogP contribution >= 0.6 is 24.0 Å². The second-order valence-electron chi connectivity index (χ2n) is 6.03. The average Bonchev–Trinajstić information content (AvgIpc) is 2.93. The zero-order valence-electron chi connectivity index (χ0n) is 12.5. The molecule has 22 heavy (non-hydrogen) atoms. The smallest absolute Gasteiger partial charge is 0.410 e. The van der Waals surface area contributed by atoms with Crippen molar-refractivity contribution < 1.29 is 9.53 Å². The molecule has 1 aliphatic heterocycles. The number of carbonyl (C=O) groups is 1. The Kier molecular flexibility index (Phi) is 5.59. The maximum absolute atomic E-state index is 11.7. The van der Waals surface area contributed by atoms with Gasteiger partial charge >= 0.3 is 6.09 Å². The Morgan fingerprint density at radius 1 is 1.36 bits per heavy atom. The highest BCUT2D eigenvalue weighted by molar-refractivity contribution is 6.30. The molecule has 0 atom stereocenters. The number of nitrogens with two attached hydrogens (primary N) is 1. The predicted molar refractivity (Wildman–Crippen MR) is 89.7 cm³/mol. The van der Waals surface area contributed by atoms with Crippen LogP contribution < -0.4 is 5.73 Å². The summed E-state index contributed by atoms with van der Waals surface area (Å²) in [5, 5.41) is 0.755. The van der Waals surface area contributed by atoms with Gasteiger partial charge in [-0.2, -0.15) is 0 Å². The zero-order chi connectivity index (χ0) is 14.9. The molecule has 1 aromatic rings. The lowest BCUT2D eigenvalue weighted by Gasteiger charge is -2.42. The molecule has 2 fully saturated rings. The van der Waals surface area contributed by atoms with Gasteiger partial charge < -0.3 is 15.4 Å². The molecule has 2 aliphatic rings. The lowest BCUT2D eigenvalue weighted by molar-refractivity contribution is 0.127. The summed E-state index contributed by atoms with van der Waals surface area (Å²) in [6.07, 6.45) is 3.75. The molecule has 1 aromatic carbocycles. The van der Waals surface area contributed by atoms with Crippen molar-refractivity contribution in [2.45, 2.75) is 37.1 Å². The summed E-state index contributed by atoms with van der Waals surface area (Å²) in [7, 11) is 0. The fourth-order valence-corrected chi connectivity index (χ4v) is 3.82. The van der Waals surface area contributed by atoms with Gasteiger partial charge in [-0.15, -0.1) is 12.4 Å². The van der Waals surface area contributed by atoms with Crippen LogP contribution in [0.5, 0.6) is 0 Å². The molecule has 0 bridgehead atoms. The van der Waals surface area contributed by atoms with Gasteiger partial charge in [-0.1, -0.05) is 23.7 Å². The van der Waals surface area contributed by atoms with Crippen LogP contribution in [-0.2, 0) is 10.2 Å². The van der Waals surface area contributed by atoms with E-state index in [9.17, 15) is 4.79 Å². The van der Waals surface area contributed by atoms with E-state index < -0.39 is 0 Å². The molecule has 1 saturated heterocycles. The van der Waals surface area contributed by atoms with Gasteiger partial charge in [-0.3, -0.25) is 0 Å². The SMILES string of the molecule is Cl.NCC1(c2cccc(Cl)c2)CCC(N2CCOC2=O)CC1. The molecule has 0 spiro atoms. The van der Waals surface area contributed by atoms with Crippen LogP contribution in [-0.4, -0.2) is 36.7 Å². The summed E-state index contributed by atoms with van der Waals surface area (Å²) >= 11 is 6.12. The number of cyclic esters (lactones) is 1. The number of hydrogen-bond donors (Lipinski definition) is 1. The van der Waals surface area contributed by atoms with Crippen LogP contribution in [0.15, 0.2) is 24.3 Å². The molecule has 6 heteroatoms. The minimum atomic E-state index is -0.164. The molecule has 122 valence electrons. The van der Waals surface area contributed by atoms with E-state index in [1.807, 2.05) is 23.1 Å². The first-order valence-corrected chi connectivity index (χ1v) is 7.92. The standard InChI is InChI=1S/C16H21ClN2O2.ClH/c17-13-3-1-2-12(10-13)16(11-18)6-4-14(5-7-16)19-8-9-21-15(19)20;/h1-3,10,14H,4-9,11,18H2;1H. The second-order valence-corrected chi connectivity index (χ2v) is 6.47. The van der Waals surface area contributed by atoms with Gasteiger partial charge in [0.1, 0.15) is 6.61 Å². The van der Waals surface area contributed by atoms with Crippen molar-refractivity contribution in [3.8, 4) is 0 Å². The predicted octanol–water partition coefficient (Wildman–Crippen LogP) is 3.35. The van der Waals surface area contributed by atoms with E-state index in [1.54, 1.807) is 0 Å². The van der Waals surface area contributed by atoms with E-state index in [4.69, 9.17) is 22.1 Å². The third-order valence-corrected chi connectivity index (χ3v) is 5.21. The molecule has 3 rings (SSSR count). The minimum Gasteiger partial charge on any atom is -0.448 e. The van der Waals surface area contributed by atoms with E-state index in [-0.39, 0.29) is 23.9 Å². The Bertz CT molecular complexity index is 531. The normalized spacial score (nSPS) is 28.2. The molecule has 2 N–H and O–H groups in total. The molecule has 0 aromatic heterocycles. The topological polar surface area (TPSA) is 55.6 Å². The summed E-state index contributed by atoms with van der Waals surface area (Å²) in [6.45, 7) is 1.85. The van der Waals surface area contributed by atoms with Gasteiger partial charge in [0.05, 0.1) is 6.54 Å². The first kappa shape index (κ1) is 17.4. The minimum absolute atomic E-state index is 0. The number of nitrogens with zero attached hydrogens (tertiary/aromatic N) is 1. The number of ether oxygens (including phenoxy) is 1. The number of carbonyl (C=O) groups excluding carboxylic acids is 1. The highest BCUT2D eigenvalue weighted by Gasteiger charge is 2.40. The third-order valence-electron chi connectivity index (χ3n) is 4.97. The van der Waals surface area contributed by atoms with E-state index in [0.29, 0.717) is 19.2 Å².